The molecule has 0 saturated heterocycles. The largest absolute Gasteiger partial charge is 0.423 e. The van der Waals surface area contributed by atoms with E-state index >= 15 is 0 Å². The zero-order valence-electron chi connectivity index (χ0n) is 15.1. The minimum absolute atomic E-state index is 0.0215. The van der Waals surface area contributed by atoms with Crippen LogP contribution in [0.3, 0.4) is 0 Å². The zero-order chi connectivity index (χ0) is 18.9. The molecule has 0 bridgehead atoms. The second-order valence-corrected chi connectivity index (χ2v) is 6.51. The van der Waals surface area contributed by atoms with Gasteiger partial charge in [0, 0.05) is 24.7 Å². The quantitative estimate of drug-likeness (QED) is 0.409. The van der Waals surface area contributed by atoms with Gasteiger partial charge in [0.25, 0.3) is 0 Å². The standard InChI is InChI=1S/C22H26O4/c1-16(2)22(25)26-21-12-10-20(11-13-21)19-8-6-17(7-9-19)4-3-5-18(14-23)15-24/h6-13,18,23-24H,1,3-5,14-15H2,2H3. The first-order valence-corrected chi connectivity index (χ1v) is 8.82. The number of benzene rings is 2. The average molecular weight is 354 g/mol. The molecule has 0 spiro atoms. The molecule has 0 aliphatic rings. The van der Waals surface area contributed by atoms with Gasteiger partial charge in [-0.15, -0.1) is 0 Å². The lowest BCUT2D eigenvalue weighted by Gasteiger charge is -2.10. The average Bonchev–Trinajstić information content (AvgIpc) is 2.66. The molecule has 138 valence electrons. The summed E-state index contributed by atoms with van der Waals surface area (Å²) in [5.41, 5.74) is 3.74. The Labute approximate surface area is 154 Å². The van der Waals surface area contributed by atoms with E-state index in [0.717, 1.165) is 30.4 Å². The molecule has 2 aromatic rings. The number of rotatable bonds is 9. The number of hydrogen-bond donors (Lipinski definition) is 2. The van der Waals surface area contributed by atoms with Gasteiger partial charge in [0.05, 0.1) is 0 Å². The van der Waals surface area contributed by atoms with Crippen LogP contribution < -0.4 is 4.74 Å². The number of carbonyl (C=O) groups is 1. The summed E-state index contributed by atoms with van der Waals surface area (Å²) in [4.78, 5) is 11.5. The molecule has 0 aromatic heterocycles. The monoisotopic (exact) mass is 354 g/mol. The predicted molar refractivity (Wildman–Crippen MR) is 103 cm³/mol. The van der Waals surface area contributed by atoms with E-state index in [0.29, 0.717) is 11.3 Å². The molecule has 0 unspecified atom stereocenters. The van der Waals surface area contributed by atoms with E-state index < -0.39 is 5.97 Å². The zero-order valence-corrected chi connectivity index (χ0v) is 15.1. The third kappa shape index (κ3) is 5.83. The summed E-state index contributed by atoms with van der Waals surface area (Å²) < 4.78 is 5.19. The van der Waals surface area contributed by atoms with Gasteiger partial charge in [-0.1, -0.05) is 43.0 Å². The fourth-order valence-electron chi connectivity index (χ4n) is 2.61. The Morgan fingerprint density at radius 1 is 1.00 bits per heavy atom. The Kier molecular flexibility index (Phi) is 7.57. The minimum Gasteiger partial charge on any atom is -0.423 e. The highest BCUT2D eigenvalue weighted by Crippen LogP contribution is 2.23. The van der Waals surface area contributed by atoms with Gasteiger partial charge in [-0.3, -0.25) is 0 Å². The van der Waals surface area contributed by atoms with E-state index in [9.17, 15) is 4.79 Å². The number of ether oxygens (including phenoxy) is 1. The van der Waals surface area contributed by atoms with Crippen molar-refractivity contribution in [2.45, 2.75) is 26.2 Å². The first kappa shape index (κ1) is 19.9. The fraction of sp³-hybridized carbons (Fsp3) is 0.318. The van der Waals surface area contributed by atoms with Crippen LogP contribution >= 0.6 is 0 Å². The van der Waals surface area contributed by atoms with Crippen molar-refractivity contribution in [3.05, 3.63) is 66.2 Å². The van der Waals surface area contributed by atoms with E-state index in [1.807, 2.05) is 12.1 Å². The van der Waals surface area contributed by atoms with E-state index in [1.54, 1.807) is 19.1 Å². The number of aliphatic hydroxyl groups excluding tert-OH is 2. The van der Waals surface area contributed by atoms with Crippen LogP contribution in [0.5, 0.6) is 5.75 Å². The summed E-state index contributed by atoms with van der Waals surface area (Å²) in [6, 6.07) is 15.7. The van der Waals surface area contributed by atoms with Gasteiger partial charge < -0.3 is 14.9 Å². The molecule has 0 aliphatic heterocycles. The third-order valence-corrected chi connectivity index (χ3v) is 4.29. The topological polar surface area (TPSA) is 66.8 Å². The molecular weight excluding hydrogens is 328 g/mol. The van der Waals surface area contributed by atoms with Gasteiger partial charge in [-0.05, 0) is 55.0 Å². The number of hydrogen-bond acceptors (Lipinski definition) is 4. The van der Waals surface area contributed by atoms with E-state index in [2.05, 4.69) is 30.8 Å². The van der Waals surface area contributed by atoms with Crippen LogP contribution in [0.15, 0.2) is 60.7 Å². The van der Waals surface area contributed by atoms with Crippen LogP contribution in [0.1, 0.15) is 25.3 Å². The lowest BCUT2D eigenvalue weighted by atomic mass is 9.99. The van der Waals surface area contributed by atoms with Gasteiger partial charge in [0.15, 0.2) is 0 Å². The second-order valence-electron chi connectivity index (χ2n) is 6.51. The first-order chi connectivity index (χ1) is 12.5. The van der Waals surface area contributed by atoms with E-state index in [1.165, 1.54) is 5.56 Å². The maximum Gasteiger partial charge on any atom is 0.338 e. The Hall–Kier alpha value is -2.43. The van der Waals surface area contributed by atoms with E-state index in [4.69, 9.17) is 14.9 Å². The second kappa shape index (κ2) is 9.90. The molecule has 4 nitrogen and oxygen atoms in total. The van der Waals surface area contributed by atoms with Crippen LogP contribution in [-0.2, 0) is 11.2 Å². The van der Waals surface area contributed by atoms with Crippen LogP contribution in [0.2, 0.25) is 0 Å². The van der Waals surface area contributed by atoms with Crippen molar-refractivity contribution in [1.29, 1.82) is 0 Å². The first-order valence-electron chi connectivity index (χ1n) is 8.82. The minimum atomic E-state index is -0.424. The summed E-state index contributed by atoms with van der Waals surface area (Å²) in [7, 11) is 0. The van der Waals surface area contributed by atoms with Gasteiger partial charge >= 0.3 is 5.97 Å². The number of carbonyl (C=O) groups excluding carboxylic acids is 1. The van der Waals surface area contributed by atoms with Crippen LogP contribution in [0.4, 0.5) is 0 Å². The Morgan fingerprint density at radius 2 is 1.54 bits per heavy atom. The van der Waals surface area contributed by atoms with Crippen molar-refractivity contribution in [3.63, 3.8) is 0 Å². The molecule has 0 saturated carbocycles. The highest BCUT2D eigenvalue weighted by Gasteiger charge is 2.07. The molecule has 0 fully saturated rings. The lowest BCUT2D eigenvalue weighted by molar-refractivity contribution is -0.130. The maximum absolute atomic E-state index is 11.5. The summed E-state index contributed by atoms with van der Waals surface area (Å²) in [5.74, 6) is 0.0548. The lowest BCUT2D eigenvalue weighted by Crippen LogP contribution is -2.10. The summed E-state index contributed by atoms with van der Waals surface area (Å²) in [5, 5.41) is 18.2. The molecule has 2 rings (SSSR count). The summed E-state index contributed by atoms with van der Waals surface area (Å²) in [6.45, 7) is 5.25. The predicted octanol–water partition coefficient (Wildman–Crippen LogP) is 3.76. The molecular formula is C22H26O4. The fourth-order valence-corrected chi connectivity index (χ4v) is 2.61. The van der Waals surface area contributed by atoms with Crippen molar-refractivity contribution in [3.8, 4) is 16.9 Å². The molecule has 0 amide bonds. The summed E-state index contributed by atoms with van der Waals surface area (Å²) in [6.07, 6.45) is 2.68. The Morgan fingerprint density at radius 3 is 2.04 bits per heavy atom. The molecule has 0 atom stereocenters. The van der Waals surface area contributed by atoms with Crippen LogP contribution in [0.25, 0.3) is 11.1 Å². The SMILES string of the molecule is C=C(C)C(=O)Oc1ccc(-c2ccc(CCCC(CO)CO)cc2)cc1. The Bertz CT molecular complexity index is 713. The normalized spacial score (nSPS) is 10.8. The van der Waals surface area contributed by atoms with Crippen LogP contribution in [-0.4, -0.2) is 29.4 Å². The van der Waals surface area contributed by atoms with Crippen molar-refractivity contribution in [2.75, 3.05) is 13.2 Å². The van der Waals surface area contributed by atoms with Gasteiger partial charge in [-0.25, -0.2) is 4.79 Å². The van der Waals surface area contributed by atoms with Crippen molar-refractivity contribution >= 4 is 5.97 Å². The van der Waals surface area contributed by atoms with Gasteiger partial charge in [-0.2, -0.15) is 0 Å². The molecule has 0 radical (unpaired) electrons. The van der Waals surface area contributed by atoms with Gasteiger partial charge in [0.1, 0.15) is 5.75 Å². The smallest absolute Gasteiger partial charge is 0.338 e. The van der Waals surface area contributed by atoms with Crippen LogP contribution in [0, 0.1) is 5.92 Å². The molecule has 2 aromatic carbocycles. The number of esters is 1. The van der Waals surface area contributed by atoms with Crippen molar-refractivity contribution < 1.29 is 19.7 Å². The van der Waals surface area contributed by atoms with Gasteiger partial charge in [0.2, 0.25) is 0 Å². The number of aryl methyl sites for hydroxylation is 1. The summed E-state index contributed by atoms with van der Waals surface area (Å²) >= 11 is 0. The molecule has 0 aliphatic carbocycles. The van der Waals surface area contributed by atoms with E-state index in [-0.39, 0.29) is 19.1 Å². The maximum atomic E-state index is 11.5. The Balaban J connectivity index is 1.93. The molecule has 0 heterocycles. The highest BCUT2D eigenvalue weighted by molar-refractivity contribution is 5.88. The number of aliphatic hydroxyl groups is 2. The van der Waals surface area contributed by atoms with Crippen molar-refractivity contribution in [2.24, 2.45) is 5.92 Å². The molecule has 2 N–H and O–H groups in total. The molecule has 4 heteroatoms. The molecule has 26 heavy (non-hydrogen) atoms. The third-order valence-electron chi connectivity index (χ3n) is 4.29. The van der Waals surface area contributed by atoms with Crippen molar-refractivity contribution in [1.82, 2.24) is 0 Å². The highest BCUT2D eigenvalue weighted by atomic mass is 16.5.